The van der Waals surface area contributed by atoms with E-state index in [-0.39, 0.29) is 22.6 Å². The second-order valence-corrected chi connectivity index (χ2v) is 3.84. The van der Waals surface area contributed by atoms with Crippen molar-refractivity contribution in [1.82, 2.24) is 14.8 Å². The van der Waals surface area contributed by atoms with Crippen LogP contribution in [-0.2, 0) is 9.68 Å². The molecule has 0 aliphatic rings. The Kier molecular flexibility index (Phi) is 5.18. The minimum atomic E-state index is -0.117. The first-order valence-electron chi connectivity index (χ1n) is 5.06. The Morgan fingerprint density at radius 2 is 2.17 bits per heavy atom. The summed E-state index contributed by atoms with van der Waals surface area (Å²) in [4.78, 5) is 13.6. The SMILES string of the molecule is CO/N=C(\C(=N/OC(C)C)C(N)=S)n1cncn1. The molecule has 0 aliphatic heterocycles. The smallest absolute Gasteiger partial charge is 0.226 e. The van der Waals surface area contributed by atoms with E-state index in [9.17, 15) is 0 Å². The lowest BCUT2D eigenvalue weighted by Gasteiger charge is -2.08. The number of aromatic nitrogens is 3. The van der Waals surface area contributed by atoms with Crippen LogP contribution in [0.4, 0.5) is 0 Å². The molecule has 0 amide bonds. The summed E-state index contributed by atoms with van der Waals surface area (Å²) < 4.78 is 1.32. The third-order valence-corrected chi connectivity index (χ3v) is 1.81. The van der Waals surface area contributed by atoms with Gasteiger partial charge < -0.3 is 15.4 Å². The van der Waals surface area contributed by atoms with Crippen LogP contribution in [0.5, 0.6) is 0 Å². The van der Waals surface area contributed by atoms with Crippen LogP contribution in [0.25, 0.3) is 0 Å². The highest BCUT2D eigenvalue weighted by atomic mass is 32.1. The largest absolute Gasteiger partial charge is 0.397 e. The van der Waals surface area contributed by atoms with E-state index in [2.05, 4.69) is 20.4 Å². The summed E-state index contributed by atoms with van der Waals surface area (Å²) in [6.45, 7) is 3.65. The van der Waals surface area contributed by atoms with Gasteiger partial charge in [-0.25, -0.2) is 4.98 Å². The van der Waals surface area contributed by atoms with Gasteiger partial charge in [-0.3, -0.25) is 0 Å². The van der Waals surface area contributed by atoms with Crippen molar-refractivity contribution < 1.29 is 9.68 Å². The molecule has 9 heteroatoms. The molecular formula is C9H14N6O2S. The fraction of sp³-hybridized carbons (Fsp3) is 0.444. The van der Waals surface area contributed by atoms with Crippen LogP contribution < -0.4 is 5.73 Å². The zero-order chi connectivity index (χ0) is 13.5. The first-order chi connectivity index (χ1) is 8.56. The van der Waals surface area contributed by atoms with Crippen LogP contribution in [0.2, 0.25) is 0 Å². The Balaban J connectivity index is 3.12. The van der Waals surface area contributed by atoms with Crippen LogP contribution in [0.15, 0.2) is 23.0 Å². The molecule has 1 rings (SSSR count). The highest BCUT2D eigenvalue weighted by Gasteiger charge is 2.18. The second-order valence-electron chi connectivity index (χ2n) is 3.40. The highest BCUT2D eigenvalue weighted by Crippen LogP contribution is 1.96. The molecule has 0 saturated heterocycles. The number of nitrogens with zero attached hydrogens (tertiary/aromatic N) is 5. The fourth-order valence-electron chi connectivity index (χ4n) is 0.952. The zero-order valence-electron chi connectivity index (χ0n) is 10.3. The maximum absolute atomic E-state index is 5.58. The van der Waals surface area contributed by atoms with Crippen LogP contribution in [0.1, 0.15) is 13.8 Å². The van der Waals surface area contributed by atoms with Crippen LogP contribution in [0.3, 0.4) is 0 Å². The van der Waals surface area contributed by atoms with Crippen LogP contribution in [0, 0.1) is 0 Å². The number of hydrogen-bond acceptors (Lipinski definition) is 7. The Hall–Kier alpha value is -2.03. The summed E-state index contributed by atoms with van der Waals surface area (Å²) in [6.07, 6.45) is 2.64. The van der Waals surface area contributed by atoms with Gasteiger partial charge in [0.25, 0.3) is 0 Å². The molecule has 1 aromatic heterocycles. The van der Waals surface area contributed by atoms with Gasteiger partial charge in [0.05, 0.1) is 0 Å². The minimum absolute atomic E-state index is 0.0157. The molecule has 0 unspecified atom stereocenters. The van der Waals surface area contributed by atoms with E-state index in [0.29, 0.717) is 0 Å². The molecule has 0 bridgehead atoms. The van der Waals surface area contributed by atoms with Crippen LogP contribution in [-0.4, -0.2) is 44.5 Å². The third-order valence-electron chi connectivity index (χ3n) is 1.61. The lowest BCUT2D eigenvalue weighted by atomic mass is 10.3. The molecule has 8 nitrogen and oxygen atoms in total. The van der Waals surface area contributed by atoms with Gasteiger partial charge in [0.2, 0.25) is 5.84 Å². The Morgan fingerprint density at radius 3 is 2.61 bits per heavy atom. The number of thiocarbonyl (C=S) groups is 1. The number of hydrogen-bond donors (Lipinski definition) is 1. The molecule has 1 heterocycles. The standard InChI is InChI=1S/C9H14N6O2S/c1-6(2)17-13-7(8(10)18)9(14-16-3)15-5-11-4-12-15/h4-6H,1-3H3,(H2,10,18)/b13-7-,14-9+. The van der Waals surface area contributed by atoms with Gasteiger partial charge >= 0.3 is 0 Å². The van der Waals surface area contributed by atoms with Crippen molar-refractivity contribution >= 4 is 28.8 Å². The summed E-state index contributed by atoms with van der Waals surface area (Å²) in [5.41, 5.74) is 5.74. The maximum atomic E-state index is 5.58. The normalized spacial score (nSPS) is 12.7. The quantitative estimate of drug-likeness (QED) is 0.354. The van der Waals surface area contributed by atoms with E-state index < -0.39 is 0 Å². The molecular weight excluding hydrogens is 256 g/mol. The Morgan fingerprint density at radius 1 is 1.44 bits per heavy atom. The summed E-state index contributed by atoms with van der Waals surface area (Å²) in [5.74, 6) is 0.197. The van der Waals surface area contributed by atoms with E-state index in [1.165, 1.54) is 24.4 Å². The molecule has 1 aromatic rings. The maximum Gasteiger partial charge on any atom is 0.226 e. The van der Waals surface area contributed by atoms with E-state index >= 15 is 0 Å². The number of nitrogens with two attached hydrogens (primary N) is 1. The van der Waals surface area contributed by atoms with E-state index in [4.69, 9.17) is 27.6 Å². The number of oxime groups is 2. The average Bonchev–Trinajstić information content (AvgIpc) is 2.80. The Bertz CT molecular complexity index is 454. The number of rotatable bonds is 5. The molecule has 2 N–H and O–H groups in total. The predicted octanol–water partition coefficient (Wildman–Crippen LogP) is 0.153. The minimum Gasteiger partial charge on any atom is -0.397 e. The monoisotopic (exact) mass is 270 g/mol. The van der Waals surface area contributed by atoms with E-state index in [1.807, 2.05) is 13.8 Å². The predicted molar refractivity (Wildman–Crippen MR) is 70.3 cm³/mol. The van der Waals surface area contributed by atoms with Gasteiger partial charge in [0, 0.05) is 0 Å². The molecule has 98 valence electrons. The average molecular weight is 270 g/mol. The molecule has 0 fully saturated rings. The first-order valence-corrected chi connectivity index (χ1v) is 5.47. The van der Waals surface area contributed by atoms with Gasteiger partial charge in [0.1, 0.15) is 30.9 Å². The van der Waals surface area contributed by atoms with Crippen molar-refractivity contribution in [1.29, 1.82) is 0 Å². The molecule has 0 saturated carbocycles. The summed E-state index contributed by atoms with van der Waals surface area (Å²) in [6, 6.07) is 0. The van der Waals surface area contributed by atoms with Gasteiger partial charge in [-0.1, -0.05) is 22.5 Å². The third kappa shape index (κ3) is 3.77. The summed E-state index contributed by atoms with van der Waals surface area (Å²) in [5, 5.41) is 11.5. The van der Waals surface area contributed by atoms with E-state index in [1.54, 1.807) is 0 Å². The lowest BCUT2D eigenvalue weighted by molar-refractivity contribution is 0.0868. The van der Waals surface area contributed by atoms with Gasteiger partial charge in [-0.2, -0.15) is 9.78 Å². The van der Waals surface area contributed by atoms with Crippen molar-refractivity contribution in [3.8, 4) is 0 Å². The van der Waals surface area contributed by atoms with Crippen molar-refractivity contribution in [3.63, 3.8) is 0 Å². The summed E-state index contributed by atoms with van der Waals surface area (Å²) >= 11 is 4.90. The van der Waals surface area contributed by atoms with Crippen molar-refractivity contribution in [2.75, 3.05) is 7.11 Å². The topological polar surface area (TPSA) is 99.9 Å². The fourth-order valence-corrected chi connectivity index (χ4v) is 1.08. The molecule has 0 radical (unpaired) electrons. The van der Waals surface area contributed by atoms with Crippen LogP contribution >= 0.6 is 12.2 Å². The van der Waals surface area contributed by atoms with Gasteiger partial charge in [-0.15, -0.1) is 0 Å². The first kappa shape index (κ1) is 14.0. The van der Waals surface area contributed by atoms with Gasteiger partial charge in [-0.05, 0) is 13.8 Å². The molecule has 0 spiro atoms. The second kappa shape index (κ2) is 6.64. The Labute approximate surface area is 109 Å². The molecule has 0 aromatic carbocycles. The van der Waals surface area contributed by atoms with Crippen molar-refractivity contribution in [3.05, 3.63) is 12.7 Å². The van der Waals surface area contributed by atoms with Crippen molar-refractivity contribution in [2.24, 2.45) is 16.0 Å². The van der Waals surface area contributed by atoms with E-state index in [0.717, 1.165) is 0 Å². The van der Waals surface area contributed by atoms with Crippen molar-refractivity contribution in [2.45, 2.75) is 20.0 Å². The lowest BCUT2D eigenvalue weighted by Crippen LogP contribution is -2.34. The summed E-state index contributed by atoms with van der Waals surface area (Å²) in [7, 11) is 1.39. The highest BCUT2D eigenvalue weighted by molar-refractivity contribution is 7.82. The molecule has 0 aliphatic carbocycles. The molecule has 18 heavy (non-hydrogen) atoms. The zero-order valence-corrected chi connectivity index (χ0v) is 11.1. The van der Waals surface area contributed by atoms with Gasteiger partial charge in [0.15, 0.2) is 5.71 Å². The molecule has 0 atom stereocenters.